The van der Waals surface area contributed by atoms with Crippen molar-refractivity contribution < 1.29 is 27.3 Å². The summed E-state index contributed by atoms with van der Waals surface area (Å²) in [6, 6.07) is 5.86. The Balaban J connectivity index is 1.86. The molecule has 0 spiro atoms. The summed E-state index contributed by atoms with van der Waals surface area (Å²) >= 11 is 0. The van der Waals surface area contributed by atoms with Crippen LogP contribution >= 0.6 is 0 Å². The van der Waals surface area contributed by atoms with Gasteiger partial charge in [-0.05, 0) is 31.9 Å². The number of rotatable bonds is 8. The number of halogens is 3. The second-order valence-electron chi connectivity index (χ2n) is 5.10. The molecule has 0 radical (unpaired) electrons. The molecule has 0 bridgehead atoms. The standard InChI is InChI=1S/C16H17F3N4O3/c1-2-25-21-10-4-3-9-20-14(24)12-7-5-11(6-8-12)13-22-15(26-23-13)16(17,18)19/h5-8,10H,2-4,9H2,1H3,(H,20,24)/b21-10+. The molecule has 1 heterocycles. The quantitative estimate of drug-likeness (QED) is 0.438. The van der Waals surface area contributed by atoms with E-state index in [1.165, 1.54) is 24.3 Å². The third-order valence-electron chi connectivity index (χ3n) is 3.15. The number of alkyl halides is 3. The van der Waals surface area contributed by atoms with Gasteiger partial charge in [0.25, 0.3) is 5.91 Å². The fourth-order valence-electron chi connectivity index (χ4n) is 1.90. The summed E-state index contributed by atoms with van der Waals surface area (Å²) in [5.74, 6) is -1.90. The predicted octanol–water partition coefficient (Wildman–Crippen LogP) is 3.29. The maximum absolute atomic E-state index is 12.5. The third-order valence-corrected chi connectivity index (χ3v) is 3.15. The Kier molecular flexibility index (Phi) is 6.70. The van der Waals surface area contributed by atoms with Crippen molar-refractivity contribution in [3.63, 3.8) is 0 Å². The smallest absolute Gasteiger partial charge is 0.396 e. The first-order chi connectivity index (χ1) is 12.4. The Morgan fingerprint density at radius 1 is 1.35 bits per heavy atom. The average Bonchev–Trinajstić information content (AvgIpc) is 3.11. The highest BCUT2D eigenvalue weighted by Crippen LogP contribution is 2.29. The Hall–Kier alpha value is -2.91. The number of hydrogen-bond acceptors (Lipinski definition) is 6. The van der Waals surface area contributed by atoms with E-state index in [4.69, 9.17) is 4.84 Å². The van der Waals surface area contributed by atoms with E-state index in [2.05, 4.69) is 25.1 Å². The molecule has 2 aromatic rings. The van der Waals surface area contributed by atoms with Gasteiger partial charge >= 0.3 is 12.1 Å². The topological polar surface area (TPSA) is 89.6 Å². The number of benzene rings is 1. The Labute approximate surface area is 147 Å². The first-order valence-electron chi connectivity index (χ1n) is 7.85. The molecular weight excluding hydrogens is 353 g/mol. The van der Waals surface area contributed by atoms with Gasteiger partial charge < -0.3 is 14.7 Å². The van der Waals surface area contributed by atoms with E-state index in [1.54, 1.807) is 6.21 Å². The minimum absolute atomic E-state index is 0.196. The summed E-state index contributed by atoms with van der Waals surface area (Å²) < 4.78 is 41.5. The van der Waals surface area contributed by atoms with E-state index in [1.807, 2.05) is 6.92 Å². The third kappa shape index (κ3) is 5.57. The average molecular weight is 370 g/mol. The van der Waals surface area contributed by atoms with Crippen molar-refractivity contribution in [3.05, 3.63) is 35.7 Å². The highest BCUT2D eigenvalue weighted by atomic mass is 19.4. The van der Waals surface area contributed by atoms with Crippen molar-refractivity contribution >= 4 is 12.1 Å². The highest BCUT2D eigenvalue weighted by Gasteiger charge is 2.38. The zero-order chi connectivity index (χ0) is 19.0. The minimum Gasteiger partial charge on any atom is -0.396 e. The maximum Gasteiger partial charge on any atom is 0.471 e. The van der Waals surface area contributed by atoms with Gasteiger partial charge in [0, 0.05) is 23.9 Å². The van der Waals surface area contributed by atoms with E-state index in [9.17, 15) is 18.0 Å². The molecule has 1 amide bonds. The van der Waals surface area contributed by atoms with Crippen molar-refractivity contribution in [1.82, 2.24) is 15.5 Å². The molecule has 0 aliphatic rings. The number of nitrogens with one attached hydrogen (secondary N) is 1. The normalized spacial score (nSPS) is 11.7. The van der Waals surface area contributed by atoms with Gasteiger partial charge in [-0.3, -0.25) is 4.79 Å². The number of amides is 1. The molecular formula is C16H17F3N4O3. The zero-order valence-electron chi connectivity index (χ0n) is 13.9. The zero-order valence-corrected chi connectivity index (χ0v) is 13.9. The Morgan fingerprint density at radius 2 is 2.08 bits per heavy atom. The van der Waals surface area contributed by atoms with Crippen LogP contribution in [0.3, 0.4) is 0 Å². The van der Waals surface area contributed by atoms with E-state index >= 15 is 0 Å². The van der Waals surface area contributed by atoms with Crippen LogP contribution in [0.1, 0.15) is 36.0 Å². The lowest BCUT2D eigenvalue weighted by molar-refractivity contribution is -0.159. The SMILES string of the molecule is CCO/N=C/CCCNC(=O)c1ccc(-c2noc(C(F)(F)F)n2)cc1. The lowest BCUT2D eigenvalue weighted by Crippen LogP contribution is -2.24. The van der Waals surface area contributed by atoms with Crippen LogP contribution in [0.4, 0.5) is 13.2 Å². The number of nitrogens with zero attached hydrogens (tertiary/aromatic N) is 3. The second-order valence-corrected chi connectivity index (χ2v) is 5.10. The lowest BCUT2D eigenvalue weighted by atomic mass is 10.1. The maximum atomic E-state index is 12.5. The molecule has 1 aromatic carbocycles. The molecule has 0 atom stereocenters. The molecule has 7 nitrogen and oxygen atoms in total. The monoisotopic (exact) mass is 370 g/mol. The van der Waals surface area contributed by atoms with Crippen LogP contribution in [0.5, 0.6) is 0 Å². The fraction of sp³-hybridized carbons (Fsp3) is 0.375. The van der Waals surface area contributed by atoms with Crippen LogP contribution < -0.4 is 5.32 Å². The van der Waals surface area contributed by atoms with Crippen molar-refractivity contribution in [2.45, 2.75) is 25.9 Å². The molecule has 1 N–H and O–H groups in total. The van der Waals surface area contributed by atoms with Crippen LogP contribution in [0, 0.1) is 0 Å². The van der Waals surface area contributed by atoms with Crippen LogP contribution in [0.15, 0.2) is 33.9 Å². The number of aromatic nitrogens is 2. The summed E-state index contributed by atoms with van der Waals surface area (Å²) in [5, 5.41) is 9.72. The number of carbonyl (C=O) groups excluding carboxylic acids is 1. The molecule has 0 fully saturated rings. The predicted molar refractivity (Wildman–Crippen MR) is 86.4 cm³/mol. The molecule has 26 heavy (non-hydrogen) atoms. The first kappa shape index (κ1) is 19.4. The van der Waals surface area contributed by atoms with Gasteiger partial charge in [0.05, 0.1) is 0 Å². The minimum atomic E-state index is -4.70. The van der Waals surface area contributed by atoms with Gasteiger partial charge in [0.1, 0.15) is 6.61 Å². The number of unbranched alkanes of at least 4 members (excludes halogenated alkanes) is 1. The fourth-order valence-corrected chi connectivity index (χ4v) is 1.90. The molecule has 140 valence electrons. The first-order valence-corrected chi connectivity index (χ1v) is 7.85. The molecule has 0 unspecified atom stereocenters. The van der Waals surface area contributed by atoms with Gasteiger partial charge in [0.15, 0.2) is 0 Å². The summed E-state index contributed by atoms with van der Waals surface area (Å²) in [6.45, 7) is 2.79. The van der Waals surface area contributed by atoms with Gasteiger partial charge in [0.2, 0.25) is 5.82 Å². The number of carbonyl (C=O) groups is 1. The molecule has 0 aliphatic heterocycles. The van der Waals surface area contributed by atoms with Crippen molar-refractivity contribution in [2.75, 3.05) is 13.2 Å². The van der Waals surface area contributed by atoms with Crippen molar-refractivity contribution in [1.29, 1.82) is 0 Å². The molecule has 1 aromatic heterocycles. The van der Waals surface area contributed by atoms with Gasteiger partial charge in [-0.25, -0.2) is 0 Å². The summed E-state index contributed by atoms with van der Waals surface area (Å²) in [6.07, 6.45) is -1.70. The van der Waals surface area contributed by atoms with E-state index in [-0.39, 0.29) is 11.7 Å². The molecule has 10 heteroatoms. The summed E-state index contributed by atoms with van der Waals surface area (Å²) in [7, 11) is 0. The summed E-state index contributed by atoms with van der Waals surface area (Å²) in [5.41, 5.74) is 0.684. The number of hydrogen-bond donors (Lipinski definition) is 1. The van der Waals surface area contributed by atoms with Crippen molar-refractivity contribution in [2.24, 2.45) is 5.16 Å². The lowest BCUT2D eigenvalue weighted by Gasteiger charge is -2.04. The van der Waals surface area contributed by atoms with Crippen molar-refractivity contribution in [3.8, 4) is 11.4 Å². The van der Waals surface area contributed by atoms with Gasteiger partial charge in [-0.1, -0.05) is 22.4 Å². The molecule has 0 saturated carbocycles. The highest BCUT2D eigenvalue weighted by molar-refractivity contribution is 5.94. The van der Waals surface area contributed by atoms with E-state index in [0.29, 0.717) is 37.1 Å². The van der Waals surface area contributed by atoms with Crippen LogP contribution in [0.25, 0.3) is 11.4 Å². The number of oxime groups is 1. The Morgan fingerprint density at radius 3 is 2.69 bits per heavy atom. The van der Waals surface area contributed by atoms with Crippen LogP contribution in [-0.4, -0.2) is 35.4 Å². The molecule has 0 aliphatic carbocycles. The largest absolute Gasteiger partial charge is 0.471 e. The van der Waals surface area contributed by atoms with Gasteiger partial charge in [-0.15, -0.1) is 0 Å². The summed E-state index contributed by atoms with van der Waals surface area (Å²) in [4.78, 5) is 20.1. The van der Waals surface area contributed by atoms with Crippen LogP contribution in [-0.2, 0) is 11.0 Å². The van der Waals surface area contributed by atoms with E-state index < -0.39 is 12.1 Å². The van der Waals surface area contributed by atoms with Crippen LogP contribution in [0.2, 0.25) is 0 Å². The molecule has 2 rings (SSSR count). The second kappa shape index (κ2) is 8.97. The Bertz CT molecular complexity index is 742. The van der Waals surface area contributed by atoms with Gasteiger partial charge in [-0.2, -0.15) is 18.2 Å². The molecule has 0 saturated heterocycles. The van der Waals surface area contributed by atoms with E-state index in [0.717, 1.165) is 0 Å².